The van der Waals surface area contributed by atoms with Gasteiger partial charge >= 0.3 is 5.97 Å². The summed E-state index contributed by atoms with van der Waals surface area (Å²) < 4.78 is 5.96. The minimum atomic E-state index is -1.14. The van der Waals surface area contributed by atoms with E-state index in [0.717, 1.165) is 10.2 Å². The van der Waals surface area contributed by atoms with Gasteiger partial charge in [-0.3, -0.25) is 4.79 Å². The standard InChI is InChI=1S/C15H13N3O4S.ClH/c1-7-11(15(20)21)12(22-18-7)8(2)16-13(19)14-17-9-5-3-4-6-10(9)23-14;/h3-6,8H,1-2H3,(H,16,19)(H,20,21);1H/t8-;/m1./s1. The fraction of sp³-hybridized carbons (Fsp3) is 0.200. The first-order chi connectivity index (χ1) is 11.0. The number of thiazole rings is 1. The molecule has 7 nitrogen and oxygen atoms in total. The molecule has 1 aromatic carbocycles. The number of aromatic carboxylic acids is 1. The Balaban J connectivity index is 0.00000208. The minimum Gasteiger partial charge on any atom is -0.477 e. The van der Waals surface area contributed by atoms with E-state index in [1.165, 1.54) is 11.3 Å². The van der Waals surface area contributed by atoms with Crippen LogP contribution in [0.3, 0.4) is 0 Å². The van der Waals surface area contributed by atoms with Crippen molar-refractivity contribution in [2.24, 2.45) is 0 Å². The van der Waals surface area contributed by atoms with Crippen molar-refractivity contribution in [2.75, 3.05) is 0 Å². The summed E-state index contributed by atoms with van der Waals surface area (Å²) in [4.78, 5) is 27.8. The van der Waals surface area contributed by atoms with E-state index in [1.807, 2.05) is 24.3 Å². The van der Waals surface area contributed by atoms with E-state index in [0.29, 0.717) is 5.01 Å². The zero-order valence-electron chi connectivity index (χ0n) is 12.8. The molecule has 0 radical (unpaired) electrons. The molecule has 0 aliphatic heterocycles. The number of nitrogens with zero attached hydrogens (tertiary/aromatic N) is 2. The molecule has 3 aromatic rings. The van der Waals surface area contributed by atoms with Gasteiger partial charge in [-0.15, -0.1) is 23.7 Å². The van der Waals surface area contributed by atoms with Crippen molar-refractivity contribution < 1.29 is 19.2 Å². The Kier molecular flexibility index (Phi) is 5.20. The Hall–Kier alpha value is -2.45. The molecule has 24 heavy (non-hydrogen) atoms. The van der Waals surface area contributed by atoms with Crippen LogP contribution in [-0.4, -0.2) is 27.1 Å². The average molecular weight is 368 g/mol. The van der Waals surface area contributed by atoms with Gasteiger partial charge in [0, 0.05) is 0 Å². The normalized spacial score (nSPS) is 11.8. The van der Waals surface area contributed by atoms with E-state index in [2.05, 4.69) is 15.5 Å². The zero-order valence-corrected chi connectivity index (χ0v) is 14.4. The highest BCUT2D eigenvalue weighted by Crippen LogP contribution is 2.24. The van der Waals surface area contributed by atoms with Crippen LogP contribution in [0, 0.1) is 6.92 Å². The fourth-order valence-corrected chi connectivity index (χ4v) is 3.10. The number of hydrogen-bond donors (Lipinski definition) is 2. The number of amides is 1. The first-order valence-corrected chi connectivity index (χ1v) is 7.65. The van der Waals surface area contributed by atoms with Gasteiger partial charge < -0.3 is 14.9 Å². The van der Waals surface area contributed by atoms with Gasteiger partial charge in [0.05, 0.1) is 22.0 Å². The van der Waals surface area contributed by atoms with E-state index in [-0.39, 0.29) is 35.3 Å². The van der Waals surface area contributed by atoms with Crippen LogP contribution in [0.1, 0.15) is 44.6 Å². The average Bonchev–Trinajstić information content (AvgIpc) is 3.10. The third-order valence-electron chi connectivity index (χ3n) is 3.33. The zero-order chi connectivity index (χ0) is 16.6. The highest BCUT2D eigenvalue weighted by Gasteiger charge is 2.26. The summed E-state index contributed by atoms with van der Waals surface area (Å²) in [5.74, 6) is -1.41. The number of hydrogen-bond acceptors (Lipinski definition) is 6. The lowest BCUT2D eigenvalue weighted by Crippen LogP contribution is -2.27. The summed E-state index contributed by atoms with van der Waals surface area (Å²) in [5.41, 5.74) is 0.993. The molecule has 126 valence electrons. The minimum absolute atomic E-state index is 0. The van der Waals surface area contributed by atoms with Gasteiger partial charge in [0.1, 0.15) is 5.56 Å². The predicted octanol–water partition coefficient (Wildman–Crippen LogP) is 3.20. The Morgan fingerprint density at radius 2 is 2.04 bits per heavy atom. The quantitative estimate of drug-likeness (QED) is 0.733. The van der Waals surface area contributed by atoms with Crippen LogP contribution in [0.25, 0.3) is 10.2 Å². The van der Waals surface area contributed by atoms with Crippen LogP contribution in [-0.2, 0) is 0 Å². The number of aromatic nitrogens is 2. The van der Waals surface area contributed by atoms with Crippen LogP contribution < -0.4 is 5.32 Å². The number of para-hydroxylation sites is 1. The lowest BCUT2D eigenvalue weighted by Gasteiger charge is -2.10. The molecule has 0 bridgehead atoms. The lowest BCUT2D eigenvalue weighted by atomic mass is 10.1. The van der Waals surface area contributed by atoms with Gasteiger partial charge in [0.25, 0.3) is 5.91 Å². The molecule has 0 aliphatic carbocycles. The molecular weight excluding hydrogens is 354 g/mol. The number of nitrogens with one attached hydrogen (secondary N) is 1. The van der Waals surface area contributed by atoms with Gasteiger partial charge in [-0.25, -0.2) is 9.78 Å². The van der Waals surface area contributed by atoms with Crippen molar-refractivity contribution >= 4 is 45.8 Å². The number of rotatable bonds is 4. The molecule has 0 saturated carbocycles. The molecule has 0 saturated heterocycles. The van der Waals surface area contributed by atoms with Crippen LogP contribution >= 0.6 is 23.7 Å². The van der Waals surface area contributed by atoms with Crippen molar-refractivity contribution in [3.05, 3.63) is 46.3 Å². The Labute approximate surface area is 147 Å². The predicted molar refractivity (Wildman–Crippen MR) is 90.9 cm³/mol. The number of carbonyl (C=O) groups excluding carboxylic acids is 1. The van der Waals surface area contributed by atoms with Crippen LogP contribution in [0.5, 0.6) is 0 Å². The number of fused-ring (bicyclic) bond motifs is 1. The summed E-state index contributed by atoms with van der Waals surface area (Å²) in [6.45, 7) is 3.18. The van der Waals surface area contributed by atoms with Gasteiger partial charge in [0.2, 0.25) is 0 Å². The van der Waals surface area contributed by atoms with Crippen LogP contribution in [0.2, 0.25) is 0 Å². The fourth-order valence-electron chi connectivity index (χ4n) is 2.24. The molecule has 0 fully saturated rings. The van der Waals surface area contributed by atoms with E-state index < -0.39 is 12.0 Å². The second kappa shape index (κ2) is 6.98. The topological polar surface area (TPSA) is 105 Å². The molecule has 9 heteroatoms. The van der Waals surface area contributed by atoms with Crippen molar-refractivity contribution in [1.29, 1.82) is 0 Å². The number of benzene rings is 1. The van der Waals surface area contributed by atoms with E-state index in [1.54, 1.807) is 13.8 Å². The number of aryl methyl sites for hydroxylation is 1. The summed E-state index contributed by atoms with van der Waals surface area (Å²) in [5, 5.41) is 15.9. The van der Waals surface area contributed by atoms with Crippen molar-refractivity contribution in [3.8, 4) is 0 Å². The maximum absolute atomic E-state index is 12.3. The molecule has 2 N–H and O–H groups in total. The number of carboxylic acid groups (broad SMARTS) is 1. The highest BCUT2D eigenvalue weighted by atomic mass is 35.5. The van der Waals surface area contributed by atoms with Crippen molar-refractivity contribution in [3.63, 3.8) is 0 Å². The van der Waals surface area contributed by atoms with Gasteiger partial charge in [-0.05, 0) is 26.0 Å². The van der Waals surface area contributed by atoms with E-state index in [9.17, 15) is 14.7 Å². The molecule has 0 aliphatic rings. The molecule has 3 rings (SSSR count). The first kappa shape index (κ1) is 17.9. The monoisotopic (exact) mass is 367 g/mol. The third kappa shape index (κ3) is 3.24. The third-order valence-corrected chi connectivity index (χ3v) is 4.37. The van der Waals surface area contributed by atoms with Gasteiger partial charge in [-0.2, -0.15) is 0 Å². The SMILES string of the molecule is Cc1noc([C@@H](C)NC(=O)c2nc3ccccc3s2)c1C(=O)O.Cl. The molecule has 0 spiro atoms. The molecule has 1 atom stereocenters. The van der Waals surface area contributed by atoms with Crippen molar-refractivity contribution in [2.45, 2.75) is 19.9 Å². The van der Waals surface area contributed by atoms with Crippen LogP contribution in [0.15, 0.2) is 28.8 Å². The molecule has 2 heterocycles. The maximum Gasteiger partial charge on any atom is 0.341 e. The Bertz CT molecular complexity index is 872. The lowest BCUT2D eigenvalue weighted by molar-refractivity contribution is 0.0690. The number of carbonyl (C=O) groups is 2. The summed E-state index contributed by atoms with van der Waals surface area (Å²) in [6.07, 6.45) is 0. The van der Waals surface area contributed by atoms with E-state index in [4.69, 9.17) is 4.52 Å². The number of halogens is 1. The maximum atomic E-state index is 12.3. The summed E-state index contributed by atoms with van der Waals surface area (Å²) in [6, 6.07) is 6.80. The summed E-state index contributed by atoms with van der Waals surface area (Å²) >= 11 is 1.27. The van der Waals surface area contributed by atoms with Crippen molar-refractivity contribution in [1.82, 2.24) is 15.5 Å². The molecule has 1 amide bonds. The second-order valence-electron chi connectivity index (χ2n) is 4.99. The molecule has 0 unspecified atom stereocenters. The second-order valence-corrected chi connectivity index (χ2v) is 6.02. The van der Waals surface area contributed by atoms with E-state index >= 15 is 0 Å². The van der Waals surface area contributed by atoms with Gasteiger partial charge in [-0.1, -0.05) is 17.3 Å². The molecule has 2 aromatic heterocycles. The Morgan fingerprint density at radius 3 is 2.71 bits per heavy atom. The molecular formula is C15H14ClN3O4S. The largest absolute Gasteiger partial charge is 0.477 e. The van der Waals surface area contributed by atoms with Gasteiger partial charge in [0.15, 0.2) is 10.8 Å². The Morgan fingerprint density at radius 1 is 1.33 bits per heavy atom. The highest BCUT2D eigenvalue weighted by molar-refractivity contribution is 7.20. The van der Waals surface area contributed by atoms with Crippen LogP contribution in [0.4, 0.5) is 0 Å². The smallest absolute Gasteiger partial charge is 0.341 e. The first-order valence-electron chi connectivity index (χ1n) is 6.83. The number of carboxylic acids is 1. The summed E-state index contributed by atoms with van der Waals surface area (Å²) in [7, 11) is 0.